The number of carbonyl (C=O) groups is 1. The van der Waals surface area contributed by atoms with Gasteiger partial charge in [0, 0.05) is 0 Å². The van der Waals surface area contributed by atoms with Gasteiger partial charge in [0.25, 0.3) is 0 Å². The van der Waals surface area contributed by atoms with Crippen molar-refractivity contribution in [3.05, 3.63) is 34.9 Å². The highest BCUT2D eigenvalue weighted by atomic mass is 35.5. The summed E-state index contributed by atoms with van der Waals surface area (Å²) < 4.78 is 25.8. The van der Waals surface area contributed by atoms with Crippen LogP contribution in [0.4, 0.5) is 8.78 Å². The Balaban J connectivity index is 3.45. The van der Waals surface area contributed by atoms with Gasteiger partial charge in [-0.2, -0.15) is 5.26 Å². The van der Waals surface area contributed by atoms with Gasteiger partial charge in [0.1, 0.15) is 0 Å². The Morgan fingerprint density at radius 3 is 2.64 bits per heavy atom. The van der Waals surface area contributed by atoms with Crippen molar-refractivity contribution < 1.29 is 13.6 Å². The van der Waals surface area contributed by atoms with Gasteiger partial charge in [-0.15, -0.1) is 11.6 Å². The molecular formula is C9H4ClF2NO. The van der Waals surface area contributed by atoms with E-state index in [4.69, 9.17) is 16.9 Å². The van der Waals surface area contributed by atoms with E-state index >= 15 is 0 Å². The quantitative estimate of drug-likeness (QED) is 0.561. The lowest BCUT2D eigenvalue weighted by atomic mass is 10.0. The lowest BCUT2D eigenvalue weighted by Gasteiger charge is -2.02. The molecule has 0 radical (unpaired) electrons. The van der Waals surface area contributed by atoms with Crippen molar-refractivity contribution in [1.82, 2.24) is 0 Å². The molecule has 1 aromatic carbocycles. The van der Waals surface area contributed by atoms with Crippen LogP contribution in [-0.2, 0) is 0 Å². The molecular weight excluding hydrogens is 212 g/mol. The van der Waals surface area contributed by atoms with Crippen LogP contribution in [0.1, 0.15) is 15.9 Å². The van der Waals surface area contributed by atoms with Crippen LogP contribution in [-0.4, -0.2) is 11.7 Å². The number of rotatable bonds is 2. The maximum atomic E-state index is 13.1. The molecule has 0 unspecified atom stereocenters. The summed E-state index contributed by atoms with van der Waals surface area (Å²) >= 11 is 5.19. The maximum Gasteiger partial charge on any atom is 0.181 e. The van der Waals surface area contributed by atoms with Gasteiger partial charge >= 0.3 is 0 Å². The van der Waals surface area contributed by atoms with Crippen LogP contribution in [0.15, 0.2) is 12.1 Å². The number of alkyl halides is 1. The zero-order valence-electron chi connectivity index (χ0n) is 6.85. The van der Waals surface area contributed by atoms with Crippen molar-refractivity contribution in [2.45, 2.75) is 0 Å². The number of Topliss-reactive ketones (excluding diaryl/α,β-unsaturated/α-hetero) is 1. The molecule has 2 nitrogen and oxygen atoms in total. The van der Waals surface area contributed by atoms with Crippen molar-refractivity contribution in [3.63, 3.8) is 0 Å². The molecule has 0 atom stereocenters. The Labute approximate surface area is 83.7 Å². The minimum Gasteiger partial charge on any atom is -0.293 e. The van der Waals surface area contributed by atoms with Crippen LogP contribution < -0.4 is 0 Å². The number of benzene rings is 1. The maximum absolute atomic E-state index is 13.1. The van der Waals surface area contributed by atoms with Gasteiger partial charge in [-0.3, -0.25) is 4.79 Å². The molecule has 0 aromatic heterocycles. The Kier molecular flexibility index (Phi) is 3.15. The predicted octanol–water partition coefficient (Wildman–Crippen LogP) is 2.26. The van der Waals surface area contributed by atoms with Gasteiger partial charge in [0.2, 0.25) is 0 Å². The average molecular weight is 216 g/mol. The zero-order chi connectivity index (χ0) is 10.7. The van der Waals surface area contributed by atoms with Crippen molar-refractivity contribution in [1.29, 1.82) is 5.26 Å². The fraction of sp³-hybridized carbons (Fsp3) is 0.111. The summed E-state index contributed by atoms with van der Waals surface area (Å²) in [6, 6.07) is 3.42. The van der Waals surface area contributed by atoms with Gasteiger partial charge < -0.3 is 0 Å². The first-order chi connectivity index (χ1) is 6.61. The molecule has 0 heterocycles. The van der Waals surface area contributed by atoms with E-state index in [1.54, 1.807) is 6.07 Å². The highest BCUT2D eigenvalue weighted by molar-refractivity contribution is 6.30. The van der Waals surface area contributed by atoms with Gasteiger partial charge in [0.15, 0.2) is 17.4 Å². The molecule has 14 heavy (non-hydrogen) atoms. The number of hydrogen-bond acceptors (Lipinski definition) is 2. The number of carbonyl (C=O) groups excluding carboxylic acids is 1. The third-order valence-corrected chi connectivity index (χ3v) is 1.86. The molecule has 0 bridgehead atoms. The van der Waals surface area contributed by atoms with E-state index in [2.05, 4.69) is 0 Å². The van der Waals surface area contributed by atoms with Crippen LogP contribution in [0.2, 0.25) is 0 Å². The third-order valence-electron chi connectivity index (χ3n) is 1.62. The van der Waals surface area contributed by atoms with Crippen molar-refractivity contribution in [2.75, 3.05) is 5.88 Å². The van der Waals surface area contributed by atoms with Crippen LogP contribution in [0.5, 0.6) is 0 Å². The van der Waals surface area contributed by atoms with Crippen LogP contribution in [0.3, 0.4) is 0 Å². The highest BCUT2D eigenvalue weighted by Gasteiger charge is 2.19. The van der Waals surface area contributed by atoms with E-state index in [-0.39, 0.29) is 5.56 Å². The van der Waals surface area contributed by atoms with Gasteiger partial charge in [-0.05, 0) is 12.1 Å². The molecule has 0 saturated heterocycles. The molecule has 0 aliphatic rings. The Hall–Kier alpha value is -1.47. The van der Waals surface area contributed by atoms with Gasteiger partial charge in [-0.25, -0.2) is 8.78 Å². The zero-order valence-corrected chi connectivity index (χ0v) is 7.61. The smallest absolute Gasteiger partial charge is 0.181 e. The van der Waals surface area contributed by atoms with E-state index in [0.29, 0.717) is 0 Å². The second kappa shape index (κ2) is 4.16. The Bertz CT molecular complexity index is 426. The number of nitrogens with zero attached hydrogens (tertiary/aromatic N) is 1. The lowest BCUT2D eigenvalue weighted by molar-refractivity contribution is 0.101. The fourth-order valence-corrected chi connectivity index (χ4v) is 1.12. The minimum atomic E-state index is -1.32. The molecule has 0 amide bonds. The Morgan fingerprint density at radius 1 is 1.50 bits per heavy atom. The summed E-state index contributed by atoms with van der Waals surface area (Å²) in [6.07, 6.45) is 0. The number of nitriles is 1. The summed E-state index contributed by atoms with van der Waals surface area (Å²) in [4.78, 5) is 11.1. The second-order valence-electron chi connectivity index (χ2n) is 2.45. The standard InChI is InChI=1S/C9H4ClF2NO/c10-3-7(14)8-5(4-13)1-2-6(11)9(8)12/h1-2H,3H2. The topological polar surface area (TPSA) is 40.9 Å². The van der Waals surface area contributed by atoms with Gasteiger partial charge in [0.05, 0.1) is 23.1 Å². The first-order valence-electron chi connectivity index (χ1n) is 3.59. The summed E-state index contributed by atoms with van der Waals surface area (Å²) in [5, 5.41) is 8.54. The van der Waals surface area contributed by atoms with E-state index in [9.17, 15) is 13.6 Å². The SMILES string of the molecule is N#Cc1ccc(F)c(F)c1C(=O)CCl. The number of hydrogen-bond donors (Lipinski definition) is 0. The molecule has 72 valence electrons. The Morgan fingerprint density at radius 2 is 2.14 bits per heavy atom. The van der Waals surface area contributed by atoms with Crippen LogP contribution in [0, 0.1) is 23.0 Å². The molecule has 5 heteroatoms. The first kappa shape index (κ1) is 10.6. The summed E-state index contributed by atoms with van der Waals surface area (Å²) in [5.74, 6) is -3.79. The van der Waals surface area contributed by atoms with Crippen LogP contribution >= 0.6 is 11.6 Å². The second-order valence-corrected chi connectivity index (χ2v) is 2.72. The minimum absolute atomic E-state index is 0.213. The molecule has 0 spiro atoms. The summed E-state index contributed by atoms with van der Waals surface area (Å²) in [6.45, 7) is 0. The first-order valence-corrected chi connectivity index (χ1v) is 4.12. The fourth-order valence-electron chi connectivity index (χ4n) is 0.983. The van der Waals surface area contributed by atoms with Crippen LogP contribution in [0.25, 0.3) is 0 Å². The third kappa shape index (κ3) is 1.73. The largest absolute Gasteiger partial charge is 0.293 e. The molecule has 1 rings (SSSR count). The van der Waals surface area contributed by atoms with E-state index in [1.165, 1.54) is 0 Å². The molecule has 1 aromatic rings. The molecule has 0 aliphatic carbocycles. The molecule has 0 aliphatic heterocycles. The van der Waals surface area contributed by atoms with Gasteiger partial charge in [-0.1, -0.05) is 0 Å². The number of halogens is 3. The van der Waals surface area contributed by atoms with Crippen molar-refractivity contribution in [2.24, 2.45) is 0 Å². The summed E-state index contributed by atoms with van der Waals surface area (Å²) in [7, 11) is 0. The normalized spacial score (nSPS) is 9.57. The molecule has 0 saturated carbocycles. The number of ketones is 1. The average Bonchev–Trinajstić information content (AvgIpc) is 2.20. The van der Waals surface area contributed by atoms with E-state index in [1.807, 2.05) is 0 Å². The van der Waals surface area contributed by atoms with E-state index < -0.39 is 28.9 Å². The van der Waals surface area contributed by atoms with E-state index in [0.717, 1.165) is 12.1 Å². The van der Waals surface area contributed by atoms with Crippen molar-refractivity contribution in [3.8, 4) is 6.07 Å². The molecule has 0 fully saturated rings. The predicted molar refractivity (Wildman–Crippen MR) is 46.1 cm³/mol. The molecule has 0 N–H and O–H groups in total. The lowest BCUT2D eigenvalue weighted by Crippen LogP contribution is -2.08. The monoisotopic (exact) mass is 215 g/mol. The van der Waals surface area contributed by atoms with Crippen molar-refractivity contribution >= 4 is 17.4 Å². The summed E-state index contributed by atoms with van der Waals surface area (Å²) in [5.41, 5.74) is -0.794. The highest BCUT2D eigenvalue weighted by Crippen LogP contribution is 2.17.